The molecule has 0 aliphatic rings. The van der Waals surface area contributed by atoms with Gasteiger partial charge in [-0.15, -0.1) is 0 Å². The molecule has 1 N–H and O–H groups in total. The van der Waals surface area contributed by atoms with Crippen molar-refractivity contribution >= 4 is 21.8 Å². The predicted octanol–water partition coefficient (Wildman–Crippen LogP) is 6.03. The standard InChI is InChI=1S/C26H18BrFN4O2/c27-20-10-6-17(7-11-20)24-14-23(31-34-24)26(33)29-15-19-16-32(22-4-2-1-3-5-22)30-25(19)18-8-12-21(28)13-9-18/h1-14,16H,15H2,(H,29,33). The summed E-state index contributed by atoms with van der Waals surface area (Å²) in [5.74, 6) is -0.195. The van der Waals surface area contributed by atoms with Crippen molar-refractivity contribution in [2.24, 2.45) is 0 Å². The summed E-state index contributed by atoms with van der Waals surface area (Å²) in [5, 5.41) is 11.5. The lowest BCUT2D eigenvalue weighted by Gasteiger charge is -2.04. The van der Waals surface area contributed by atoms with Gasteiger partial charge in [0.15, 0.2) is 11.5 Å². The minimum absolute atomic E-state index is 0.178. The van der Waals surface area contributed by atoms with Gasteiger partial charge in [-0.25, -0.2) is 9.07 Å². The van der Waals surface area contributed by atoms with Crippen molar-refractivity contribution in [3.63, 3.8) is 0 Å². The van der Waals surface area contributed by atoms with Gasteiger partial charge in [-0.3, -0.25) is 4.79 Å². The summed E-state index contributed by atoms with van der Waals surface area (Å²) in [6.45, 7) is 0.207. The molecule has 0 bridgehead atoms. The molecule has 168 valence electrons. The molecule has 6 nitrogen and oxygen atoms in total. The molecule has 3 aromatic carbocycles. The van der Waals surface area contributed by atoms with Crippen molar-refractivity contribution in [1.29, 1.82) is 0 Å². The Morgan fingerprint density at radius 2 is 1.68 bits per heavy atom. The lowest BCUT2D eigenvalue weighted by molar-refractivity contribution is 0.0942. The van der Waals surface area contributed by atoms with Crippen molar-refractivity contribution < 1.29 is 13.7 Å². The second-order valence-corrected chi connectivity index (χ2v) is 8.47. The van der Waals surface area contributed by atoms with Crippen molar-refractivity contribution in [3.8, 4) is 28.3 Å². The van der Waals surface area contributed by atoms with Gasteiger partial charge in [0.25, 0.3) is 5.91 Å². The molecule has 0 aliphatic heterocycles. The highest BCUT2D eigenvalue weighted by molar-refractivity contribution is 9.10. The molecular formula is C26H18BrFN4O2. The van der Waals surface area contributed by atoms with Crippen LogP contribution in [0.1, 0.15) is 16.1 Å². The number of carbonyl (C=O) groups is 1. The fourth-order valence-electron chi connectivity index (χ4n) is 3.50. The zero-order valence-electron chi connectivity index (χ0n) is 17.8. The maximum atomic E-state index is 13.5. The predicted molar refractivity (Wildman–Crippen MR) is 130 cm³/mol. The molecule has 0 atom stereocenters. The van der Waals surface area contributed by atoms with E-state index in [0.29, 0.717) is 11.5 Å². The fourth-order valence-corrected chi connectivity index (χ4v) is 3.77. The molecule has 1 amide bonds. The number of amides is 1. The Bertz CT molecular complexity index is 1430. The van der Waals surface area contributed by atoms with Crippen LogP contribution in [0.2, 0.25) is 0 Å². The van der Waals surface area contributed by atoms with Crippen LogP contribution in [0.25, 0.3) is 28.3 Å². The molecule has 0 saturated heterocycles. The van der Waals surface area contributed by atoms with E-state index in [1.807, 2.05) is 60.8 Å². The van der Waals surface area contributed by atoms with E-state index >= 15 is 0 Å². The zero-order chi connectivity index (χ0) is 23.5. The first-order chi connectivity index (χ1) is 16.6. The van der Waals surface area contributed by atoms with E-state index in [1.54, 1.807) is 22.9 Å². The highest BCUT2D eigenvalue weighted by atomic mass is 79.9. The van der Waals surface area contributed by atoms with Crippen LogP contribution in [0.3, 0.4) is 0 Å². The number of benzene rings is 3. The van der Waals surface area contributed by atoms with Gasteiger partial charge in [0, 0.05) is 40.0 Å². The van der Waals surface area contributed by atoms with Crippen LogP contribution < -0.4 is 5.32 Å². The Kier molecular flexibility index (Phi) is 6.05. The molecule has 8 heteroatoms. The van der Waals surface area contributed by atoms with E-state index in [2.05, 4.69) is 31.5 Å². The third-order valence-corrected chi connectivity index (χ3v) is 5.77. The van der Waals surface area contributed by atoms with Gasteiger partial charge in [-0.05, 0) is 48.5 Å². The monoisotopic (exact) mass is 516 g/mol. The first-order valence-electron chi connectivity index (χ1n) is 10.5. The van der Waals surface area contributed by atoms with Crippen molar-refractivity contribution in [2.45, 2.75) is 6.54 Å². The Balaban J connectivity index is 1.38. The van der Waals surface area contributed by atoms with Crippen molar-refractivity contribution in [3.05, 3.63) is 113 Å². The summed E-state index contributed by atoms with van der Waals surface area (Å²) in [4.78, 5) is 12.8. The molecule has 0 saturated carbocycles. The molecule has 0 fully saturated rings. The minimum Gasteiger partial charge on any atom is -0.355 e. The summed E-state index contributed by atoms with van der Waals surface area (Å²) in [7, 11) is 0. The van der Waals surface area contributed by atoms with Gasteiger partial charge in [0.1, 0.15) is 5.82 Å². The largest absolute Gasteiger partial charge is 0.355 e. The topological polar surface area (TPSA) is 73.0 Å². The molecule has 5 rings (SSSR count). The summed E-state index contributed by atoms with van der Waals surface area (Å²) < 4.78 is 21.5. The third kappa shape index (κ3) is 4.67. The Morgan fingerprint density at radius 3 is 2.41 bits per heavy atom. The van der Waals surface area contributed by atoms with Crippen LogP contribution in [0.15, 0.2) is 100 Å². The number of aromatic nitrogens is 3. The van der Waals surface area contributed by atoms with Crippen LogP contribution in [0.5, 0.6) is 0 Å². The van der Waals surface area contributed by atoms with Crippen LogP contribution in [-0.4, -0.2) is 20.8 Å². The fraction of sp³-hybridized carbons (Fsp3) is 0.0385. The van der Waals surface area contributed by atoms with Crippen molar-refractivity contribution in [2.75, 3.05) is 0 Å². The molecule has 0 aliphatic carbocycles. The summed E-state index contributed by atoms with van der Waals surface area (Å²) in [5.41, 5.74) is 4.05. The number of hydrogen-bond acceptors (Lipinski definition) is 4. The maximum absolute atomic E-state index is 13.5. The van der Waals surface area contributed by atoms with Gasteiger partial charge < -0.3 is 9.84 Å². The van der Waals surface area contributed by atoms with E-state index in [-0.39, 0.29) is 24.0 Å². The SMILES string of the molecule is O=C(NCc1cn(-c2ccccc2)nc1-c1ccc(F)cc1)c1cc(-c2ccc(Br)cc2)on1. The van der Waals surface area contributed by atoms with E-state index in [0.717, 1.165) is 26.9 Å². The molecule has 0 unspecified atom stereocenters. The van der Waals surface area contributed by atoms with Gasteiger partial charge in [0.2, 0.25) is 0 Å². The maximum Gasteiger partial charge on any atom is 0.273 e. The lowest BCUT2D eigenvalue weighted by atomic mass is 10.1. The molecular weight excluding hydrogens is 499 g/mol. The zero-order valence-corrected chi connectivity index (χ0v) is 19.4. The quantitative estimate of drug-likeness (QED) is 0.299. The van der Waals surface area contributed by atoms with E-state index in [1.165, 1.54) is 12.1 Å². The van der Waals surface area contributed by atoms with Gasteiger partial charge >= 0.3 is 0 Å². The number of nitrogens with one attached hydrogen (secondary N) is 1. The Hall–Kier alpha value is -4.04. The molecule has 34 heavy (non-hydrogen) atoms. The third-order valence-electron chi connectivity index (χ3n) is 5.24. The summed E-state index contributed by atoms with van der Waals surface area (Å²) >= 11 is 3.40. The molecule has 5 aromatic rings. The lowest BCUT2D eigenvalue weighted by Crippen LogP contribution is -2.23. The number of hydrogen-bond donors (Lipinski definition) is 1. The van der Waals surface area contributed by atoms with Crippen LogP contribution in [0, 0.1) is 5.82 Å². The van der Waals surface area contributed by atoms with E-state index < -0.39 is 0 Å². The van der Waals surface area contributed by atoms with Gasteiger partial charge in [-0.2, -0.15) is 5.10 Å². The number of carbonyl (C=O) groups excluding carboxylic acids is 1. The number of halogens is 2. The molecule has 0 spiro atoms. The summed E-state index contributed by atoms with van der Waals surface area (Å²) in [6, 6.07) is 24.9. The first kappa shape index (κ1) is 21.8. The normalized spacial score (nSPS) is 10.9. The molecule has 2 heterocycles. The smallest absolute Gasteiger partial charge is 0.273 e. The average molecular weight is 517 g/mol. The number of nitrogens with zero attached hydrogens (tertiary/aromatic N) is 3. The van der Waals surface area contributed by atoms with Crippen LogP contribution in [0.4, 0.5) is 4.39 Å². The minimum atomic E-state index is -0.371. The van der Waals surface area contributed by atoms with Crippen LogP contribution >= 0.6 is 15.9 Å². The van der Waals surface area contributed by atoms with Crippen LogP contribution in [-0.2, 0) is 6.54 Å². The highest BCUT2D eigenvalue weighted by Gasteiger charge is 2.17. The van der Waals surface area contributed by atoms with Crippen molar-refractivity contribution in [1.82, 2.24) is 20.3 Å². The number of para-hydroxylation sites is 1. The highest BCUT2D eigenvalue weighted by Crippen LogP contribution is 2.25. The molecule has 2 aromatic heterocycles. The number of rotatable bonds is 6. The second-order valence-electron chi connectivity index (χ2n) is 7.56. The van der Waals surface area contributed by atoms with Gasteiger partial charge in [-0.1, -0.05) is 51.4 Å². The first-order valence-corrected chi connectivity index (χ1v) is 11.3. The Labute approximate surface area is 203 Å². The van der Waals surface area contributed by atoms with E-state index in [9.17, 15) is 9.18 Å². The Morgan fingerprint density at radius 1 is 0.971 bits per heavy atom. The second kappa shape index (κ2) is 9.44. The average Bonchev–Trinajstić information content (AvgIpc) is 3.52. The van der Waals surface area contributed by atoms with E-state index in [4.69, 9.17) is 4.52 Å². The molecule has 0 radical (unpaired) electrons. The van der Waals surface area contributed by atoms with Gasteiger partial charge in [0.05, 0.1) is 11.4 Å². The summed E-state index contributed by atoms with van der Waals surface area (Å²) in [6.07, 6.45) is 1.85.